The van der Waals surface area contributed by atoms with E-state index >= 15 is 0 Å². The summed E-state index contributed by atoms with van der Waals surface area (Å²) in [5, 5.41) is 10.7. The van der Waals surface area contributed by atoms with E-state index in [2.05, 4.69) is 0 Å². The Labute approximate surface area is 151 Å². The van der Waals surface area contributed by atoms with Crippen molar-refractivity contribution in [2.75, 3.05) is 13.6 Å². The van der Waals surface area contributed by atoms with E-state index < -0.39 is 10.5 Å². The average molecular weight is 353 g/mol. The van der Waals surface area contributed by atoms with Gasteiger partial charge in [0.05, 0.1) is 4.92 Å². The topological polar surface area (TPSA) is 83.8 Å². The molecule has 0 aliphatic carbocycles. The van der Waals surface area contributed by atoms with Crippen LogP contribution in [0.5, 0.6) is 0 Å². The highest BCUT2D eigenvalue weighted by atomic mass is 16.6. The molecule has 2 aromatic carbocycles. The van der Waals surface area contributed by atoms with Crippen LogP contribution in [0.1, 0.15) is 18.1 Å². The molecule has 0 spiro atoms. The first kappa shape index (κ1) is 17.6. The van der Waals surface area contributed by atoms with Crippen molar-refractivity contribution in [3.8, 4) is 0 Å². The Morgan fingerprint density at radius 3 is 2.23 bits per heavy atom. The van der Waals surface area contributed by atoms with Gasteiger partial charge in [-0.25, -0.2) is 4.79 Å². The lowest BCUT2D eigenvalue weighted by Gasteiger charge is -2.28. The van der Waals surface area contributed by atoms with Crippen LogP contribution in [-0.2, 0) is 16.8 Å². The van der Waals surface area contributed by atoms with E-state index in [0.29, 0.717) is 6.42 Å². The number of amides is 3. The van der Waals surface area contributed by atoms with Crippen molar-refractivity contribution in [3.63, 3.8) is 0 Å². The minimum atomic E-state index is -1.03. The zero-order chi connectivity index (χ0) is 18.9. The Bertz CT molecular complexity index is 851. The van der Waals surface area contributed by atoms with E-state index in [-0.39, 0.29) is 24.2 Å². The zero-order valence-electron chi connectivity index (χ0n) is 14.6. The minimum absolute atomic E-state index is 0.0125. The first-order valence-corrected chi connectivity index (χ1v) is 8.24. The molecule has 1 heterocycles. The third-order valence-electron chi connectivity index (χ3n) is 4.96. The molecule has 1 atom stereocenters. The Kier molecular flexibility index (Phi) is 4.46. The quantitative estimate of drug-likeness (QED) is 0.470. The number of nitro groups is 1. The third-order valence-corrected chi connectivity index (χ3v) is 4.96. The SMILES string of the molecule is CN1C(=O)N(CCc2ccc([N+](=O)[O-])cc2)C(=O)C1(C)c1ccccc1. The summed E-state index contributed by atoms with van der Waals surface area (Å²) in [6, 6.07) is 15.0. The van der Waals surface area contributed by atoms with Crippen LogP contribution in [0.2, 0.25) is 0 Å². The second kappa shape index (κ2) is 6.59. The molecule has 2 aromatic rings. The first-order valence-electron chi connectivity index (χ1n) is 8.24. The molecule has 7 nitrogen and oxygen atoms in total. The molecule has 0 N–H and O–H groups in total. The molecule has 1 unspecified atom stereocenters. The number of likely N-dealkylation sites (N-methyl/N-ethyl adjacent to an activating group) is 1. The van der Waals surface area contributed by atoms with Crippen LogP contribution < -0.4 is 0 Å². The highest BCUT2D eigenvalue weighted by Crippen LogP contribution is 2.35. The van der Waals surface area contributed by atoms with Gasteiger partial charge in [0.1, 0.15) is 5.54 Å². The molecule has 134 valence electrons. The maximum Gasteiger partial charge on any atom is 0.327 e. The number of urea groups is 1. The van der Waals surface area contributed by atoms with E-state index in [4.69, 9.17) is 0 Å². The van der Waals surface area contributed by atoms with Crippen molar-refractivity contribution in [1.29, 1.82) is 0 Å². The average Bonchev–Trinajstić information content (AvgIpc) is 2.82. The van der Waals surface area contributed by atoms with E-state index in [1.54, 1.807) is 26.1 Å². The summed E-state index contributed by atoms with van der Waals surface area (Å²) in [4.78, 5) is 38.6. The van der Waals surface area contributed by atoms with Crippen molar-refractivity contribution in [2.45, 2.75) is 18.9 Å². The van der Waals surface area contributed by atoms with Crippen LogP contribution in [0.3, 0.4) is 0 Å². The molecule has 0 bridgehead atoms. The number of carbonyl (C=O) groups is 2. The van der Waals surface area contributed by atoms with Crippen LogP contribution in [-0.4, -0.2) is 40.3 Å². The summed E-state index contributed by atoms with van der Waals surface area (Å²) in [6.45, 7) is 1.97. The predicted molar refractivity (Wildman–Crippen MR) is 95.5 cm³/mol. The van der Waals surface area contributed by atoms with Crippen LogP contribution in [0.15, 0.2) is 54.6 Å². The number of rotatable bonds is 5. The lowest BCUT2D eigenvalue weighted by molar-refractivity contribution is -0.384. The Morgan fingerprint density at radius 1 is 1.04 bits per heavy atom. The molecule has 0 aromatic heterocycles. The normalized spacial score (nSPS) is 19.9. The number of nitrogens with zero attached hydrogens (tertiary/aromatic N) is 3. The minimum Gasteiger partial charge on any atom is -0.309 e. The van der Waals surface area contributed by atoms with Crippen LogP contribution in [0.25, 0.3) is 0 Å². The first-order chi connectivity index (χ1) is 12.4. The van der Waals surface area contributed by atoms with Crippen molar-refractivity contribution < 1.29 is 14.5 Å². The van der Waals surface area contributed by atoms with Crippen LogP contribution in [0, 0.1) is 10.1 Å². The van der Waals surface area contributed by atoms with Gasteiger partial charge in [0.2, 0.25) is 0 Å². The number of non-ortho nitro benzene ring substituents is 1. The van der Waals surface area contributed by atoms with Gasteiger partial charge in [-0.1, -0.05) is 42.5 Å². The smallest absolute Gasteiger partial charge is 0.309 e. The van der Waals surface area contributed by atoms with Crippen molar-refractivity contribution >= 4 is 17.6 Å². The predicted octanol–water partition coefficient (Wildman–Crippen LogP) is 2.95. The van der Waals surface area contributed by atoms with Crippen LogP contribution in [0.4, 0.5) is 10.5 Å². The van der Waals surface area contributed by atoms with Crippen molar-refractivity contribution in [3.05, 3.63) is 75.8 Å². The number of hydrogen-bond acceptors (Lipinski definition) is 4. The van der Waals surface area contributed by atoms with E-state index in [1.165, 1.54) is 21.9 Å². The van der Waals surface area contributed by atoms with Gasteiger partial charge < -0.3 is 4.90 Å². The fraction of sp³-hybridized carbons (Fsp3) is 0.263. The molecule has 1 aliphatic heterocycles. The molecule has 1 saturated heterocycles. The molecule has 1 fully saturated rings. The maximum absolute atomic E-state index is 13.0. The fourth-order valence-electron chi connectivity index (χ4n) is 3.17. The van der Waals surface area contributed by atoms with Gasteiger partial charge in [0.15, 0.2) is 0 Å². The zero-order valence-corrected chi connectivity index (χ0v) is 14.6. The van der Waals surface area contributed by atoms with E-state index in [1.807, 2.05) is 30.3 Å². The molecule has 3 rings (SSSR count). The molecular weight excluding hydrogens is 334 g/mol. The molecule has 1 aliphatic rings. The monoisotopic (exact) mass is 353 g/mol. The Balaban J connectivity index is 1.78. The largest absolute Gasteiger partial charge is 0.327 e. The number of carbonyl (C=O) groups excluding carboxylic acids is 2. The second-order valence-corrected chi connectivity index (χ2v) is 6.41. The van der Waals surface area contributed by atoms with Crippen molar-refractivity contribution in [1.82, 2.24) is 9.80 Å². The Hall–Kier alpha value is -3.22. The van der Waals surface area contributed by atoms with E-state index in [9.17, 15) is 19.7 Å². The second-order valence-electron chi connectivity index (χ2n) is 6.41. The van der Waals surface area contributed by atoms with E-state index in [0.717, 1.165) is 11.1 Å². The number of hydrogen-bond donors (Lipinski definition) is 0. The fourth-order valence-corrected chi connectivity index (χ4v) is 3.17. The van der Waals surface area contributed by atoms with Gasteiger partial charge in [0.25, 0.3) is 11.6 Å². The molecular formula is C19H19N3O4. The number of imide groups is 1. The van der Waals surface area contributed by atoms with Crippen LogP contribution >= 0.6 is 0 Å². The summed E-state index contributed by atoms with van der Waals surface area (Å²) in [5.74, 6) is -0.266. The van der Waals surface area contributed by atoms with Gasteiger partial charge in [-0.05, 0) is 24.5 Å². The third kappa shape index (κ3) is 2.81. The van der Waals surface area contributed by atoms with Gasteiger partial charge >= 0.3 is 6.03 Å². The van der Waals surface area contributed by atoms with Gasteiger partial charge in [0, 0.05) is 25.7 Å². The molecule has 3 amide bonds. The van der Waals surface area contributed by atoms with Gasteiger partial charge in [-0.2, -0.15) is 0 Å². The highest BCUT2D eigenvalue weighted by molar-refractivity contribution is 6.07. The lowest BCUT2D eigenvalue weighted by Crippen LogP contribution is -2.42. The summed E-state index contributed by atoms with van der Waals surface area (Å²) >= 11 is 0. The summed E-state index contributed by atoms with van der Waals surface area (Å²) < 4.78 is 0. The standard InChI is InChI=1S/C19H19N3O4/c1-19(15-6-4-3-5-7-15)17(23)21(18(24)20(19)2)13-12-14-8-10-16(11-9-14)22(25)26/h3-11H,12-13H2,1-2H3. The molecule has 0 radical (unpaired) electrons. The molecule has 7 heteroatoms. The van der Waals surface area contributed by atoms with Gasteiger partial charge in [-0.3, -0.25) is 19.8 Å². The summed E-state index contributed by atoms with van der Waals surface area (Å²) in [7, 11) is 1.62. The maximum atomic E-state index is 13.0. The summed E-state index contributed by atoms with van der Waals surface area (Å²) in [5.41, 5.74) is 0.567. The lowest BCUT2D eigenvalue weighted by atomic mass is 9.91. The Morgan fingerprint density at radius 2 is 1.65 bits per heavy atom. The number of benzene rings is 2. The summed E-state index contributed by atoms with van der Waals surface area (Å²) in [6.07, 6.45) is 0.439. The van der Waals surface area contributed by atoms with Crippen molar-refractivity contribution in [2.24, 2.45) is 0 Å². The number of nitro benzene ring substituents is 1. The molecule has 26 heavy (non-hydrogen) atoms. The molecule has 0 saturated carbocycles. The highest BCUT2D eigenvalue weighted by Gasteiger charge is 2.53. The van der Waals surface area contributed by atoms with Gasteiger partial charge in [-0.15, -0.1) is 0 Å².